The zero-order chi connectivity index (χ0) is 15.5. The van der Waals surface area contributed by atoms with Crippen molar-refractivity contribution in [3.8, 4) is 0 Å². The SMILES string of the molecule is CCc1nc(N(C)CC(O)c2cccnc2)c2ccsc2n1. The van der Waals surface area contributed by atoms with Gasteiger partial charge in [-0.25, -0.2) is 9.97 Å². The Bertz CT molecular complexity index is 759. The van der Waals surface area contributed by atoms with E-state index in [1.807, 2.05) is 42.5 Å². The van der Waals surface area contributed by atoms with E-state index in [1.165, 1.54) is 0 Å². The summed E-state index contributed by atoms with van der Waals surface area (Å²) in [6, 6.07) is 5.74. The highest BCUT2D eigenvalue weighted by Gasteiger charge is 2.16. The lowest BCUT2D eigenvalue weighted by atomic mass is 10.1. The molecule has 0 aliphatic rings. The average molecular weight is 314 g/mol. The van der Waals surface area contributed by atoms with Crippen LogP contribution in [0.1, 0.15) is 24.4 Å². The van der Waals surface area contributed by atoms with Crippen LogP contribution in [0.25, 0.3) is 10.2 Å². The minimum absolute atomic E-state index is 0.455. The molecule has 3 aromatic rings. The lowest BCUT2D eigenvalue weighted by Crippen LogP contribution is -2.25. The van der Waals surface area contributed by atoms with E-state index in [0.717, 1.165) is 33.8 Å². The summed E-state index contributed by atoms with van der Waals surface area (Å²) in [4.78, 5) is 16.2. The van der Waals surface area contributed by atoms with Gasteiger partial charge in [0.2, 0.25) is 0 Å². The molecule has 0 aromatic carbocycles. The molecule has 3 aromatic heterocycles. The van der Waals surface area contributed by atoms with Crippen molar-refractivity contribution in [3.05, 3.63) is 47.4 Å². The predicted octanol–water partition coefficient (Wildman–Crippen LogP) is 2.82. The summed E-state index contributed by atoms with van der Waals surface area (Å²) in [7, 11) is 1.94. The van der Waals surface area contributed by atoms with E-state index in [2.05, 4.69) is 15.0 Å². The van der Waals surface area contributed by atoms with Crippen molar-refractivity contribution < 1.29 is 5.11 Å². The summed E-state index contributed by atoms with van der Waals surface area (Å²) >= 11 is 1.61. The summed E-state index contributed by atoms with van der Waals surface area (Å²) in [5.74, 6) is 1.69. The number of anilines is 1. The number of pyridine rings is 1. The quantitative estimate of drug-likeness (QED) is 0.784. The summed E-state index contributed by atoms with van der Waals surface area (Å²) in [6.07, 6.45) is 3.58. The predicted molar refractivity (Wildman–Crippen MR) is 89.3 cm³/mol. The molecule has 5 nitrogen and oxygen atoms in total. The van der Waals surface area contributed by atoms with Gasteiger partial charge in [0.25, 0.3) is 0 Å². The van der Waals surface area contributed by atoms with Gasteiger partial charge in [0.15, 0.2) is 0 Å². The van der Waals surface area contributed by atoms with Crippen LogP contribution >= 0.6 is 11.3 Å². The van der Waals surface area contributed by atoms with Crippen LogP contribution < -0.4 is 4.90 Å². The molecule has 0 fully saturated rings. The number of nitrogens with zero attached hydrogens (tertiary/aromatic N) is 4. The number of thiophene rings is 1. The molecule has 0 bridgehead atoms. The second-order valence-corrected chi connectivity index (χ2v) is 6.03. The average Bonchev–Trinajstić information content (AvgIpc) is 3.02. The van der Waals surface area contributed by atoms with Crippen molar-refractivity contribution in [3.63, 3.8) is 0 Å². The highest BCUT2D eigenvalue weighted by atomic mass is 32.1. The van der Waals surface area contributed by atoms with E-state index >= 15 is 0 Å². The Morgan fingerprint density at radius 3 is 2.91 bits per heavy atom. The molecule has 22 heavy (non-hydrogen) atoms. The highest BCUT2D eigenvalue weighted by molar-refractivity contribution is 7.16. The van der Waals surface area contributed by atoms with Crippen molar-refractivity contribution >= 4 is 27.4 Å². The Morgan fingerprint density at radius 2 is 2.18 bits per heavy atom. The molecule has 1 unspecified atom stereocenters. The summed E-state index contributed by atoms with van der Waals surface area (Å²) in [6.45, 7) is 2.50. The highest BCUT2D eigenvalue weighted by Crippen LogP contribution is 2.28. The molecular formula is C16H18N4OS. The Kier molecular flexibility index (Phi) is 4.31. The number of aliphatic hydroxyl groups excluding tert-OH is 1. The molecule has 3 rings (SSSR count). The van der Waals surface area contributed by atoms with E-state index in [-0.39, 0.29) is 0 Å². The third kappa shape index (κ3) is 2.93. The smallest absolute Gasteiger partial charge is 0.140 e. The minimum atomic E-state index is -0.604. The first kappa shape index (κ1) is 14.9. The second-order valence-electron chi connectivity index (χ2n) is 5.14. The van der Waals surface area contributed by atoms with Crippen molar-refractivity contribution in [2.75, 3.05) is 18.5 Å². The molecule has 0 aliphatic carbocycles. The maximum atomic E-state index is 10.4. The Hall–Kier alpha value is -2.05. The molecule has 0 saturated heterocycles. The molecule has 0 saturated carbocycles. The molecule has 0 radical (unpaired) electrons. The van der Waals surface area contributed by atoms with Crippen LogP contribution in [0.4, 0.5) is 5.82 Å². The first-order valence-corrected chi connectivity index (χ1v) is 8.10. The fraction of sp³-hybridized carbons (Fsp3) is 0.312. The van der Waals surface area contributed by atoms with Gasteiger partial charge in [-0.1, -0.05) is 13.0 Å². The Labute approximate surface area is 133 Å². The Morgan fingerprint density at radius 1 is 1.32 bits per heavy atom. The van der Waals surface area contributed by atoms with Crippen LogP contribution in [0.2, 0.25) is 0 Å². The number of likely N-dealkylation sites (N-methyl/N-ethyl adjacent to an activating group) is 1. The first-order chi connectivity index (χ1) is 10.7. The van der Waals surface area contributed by atoms with Gasteiger partial charge in [-0.2, -0.15) is 0 Å². The van der Waals surface area contributed by atoms with Gasteiger partial charge in [-0.15, -0.1) is 11.3 Å². The third-order valence-electron chi connectivity index (χ3n) is 3.55. The molecular weight excluding hydrogens is 296 g/mol. The van der Waals surface area contributed by atoms with E-state index in [0.29, 0.717) is 6.54 Å². The molecule has 114 valence electrons. The molecule has 3 heterocycles. The number of rotatable bonds is 5. The van der Waals surface area contributed by atoms with Gasteiger partial charge in [-0.3, -0.25) is 4.98 Å². The van der Waals surface area contributed by atoms with Gasteiger partial charge in [0, 0.05) is 38.0 Å². The van der Waals surface area contributed by atoms with Gasteiger partial charge >= 0.3 is 0 Å². The van der Waals surface area contributed by atoms with Crippen molar-refractivity contribution in [2.45, 2.75) is 19.4 Å². The van der Waals surface area contributed by atoms with Crippen LogP contribution in [-0.4, -0.2) is 33.7 Å². The van der Waals surface area contributed by atoms with Gasteiger partial charge in [0.05, 0.1) is 11.5 Å². The molecule has 0 amide bonds. The summed E-state index contributed by atoms with van der Waals surface area (Å²) in [5, 5.41) is 13.4. The maximum absolute atomic E-state index is 10.4. The molecule has 1 N–H and O–H groups in total. The van der Waals surface area contributed by atoms with E-state index in [1.54, 1.807) is 23.7 Å². The van der Waals surface area contributed by atoms with E-state index in [4.69, 9.17) is 0 Å². The lowest BCUT2D eigenvalue weighted by Gasteiger charge is -2.22. The van der Waals surface area contributed by atoms with E-state index in [9.17, 15) is 5.11 Å². The van der Waals surface area contributed by atoms with Gasteiger partial charge < -0.3 is 10.0 Å². The maximum Gasteiger partial charge on any atom is 0.140 e. The second kappa shape index (κ2) is 6.37. The van der Waals surface area contributed by atoms with Gasteiger partial charge in [0.1, 0.15) is 16.5 Å². The van der Waals surface area contributed by atoms with Crippen LogP contribution in [0, 0.1) is 0 Å². The monoisotopic (exact) mass is 314 g/mol. The van der Waals surface area contributed by atoms with Crippen LogP contribution in [-0.2, 0) is 6.42 Å². The standard InChI is InChI=1S/C16H18N4OS/c1-3-14-18-15(12-6-8-22-16(12)19-14)20(2)10-13(21)11-5-4-7-17-9-11/h4-9,13,21H,3,10H2,1-2H3. The molecule has 0 spiro atoms. The zero-order valence-electron chi connectivity index (χ0n) is 12.6. The number of aliphatic hydroxyl groups is 1. The van der Waals surface area contributed by atoms with Crippen molar-refractivity contribution in [1.29, 1.82) is 0 Å². The van der Waals surface area contributed by atoms with Crippen LogP contribution in [0.3, 0.4) is 0 Å². The number of aromatic nitrogens is 3. The topological polar surface area (TPSA) is 62.1 Å². The number of fused-ring (bicyclic) bond motifs is 1. The Balaban J connectivity index is 1.88. The number of hydrogen-bond acceptors (Lipinski definition) is 6. The largest absolute Gasteiger partial charge is 0.386 e. The van der Waals surface area contributed by atoms with Gasteiger partial charge in [-0.05, 0) is 17.5 Å². The normalized spacial score (nSPS) is 12.5. The molecule has 1 atom stereocenters. The van der Waals surface area contributed by atoms with E-state index < -0.39 is 6.10 Å². The number of hydrogen-bond donors (Lipinski definition) is 1. The fourth-order valence-electron chi connectivity index (χ4n) is 2.36. The van der Waals surface area contributed by atoms with Crippen LogP contribution in [0.15, 0.2) is 36.0 Å². The fourth-order valence-corrected chi connectivity index (χ4v) is 3.13. The number of aryl methyl sites for hydroxylation is 1. The zero-order valence-corrected chi connectivity index (χ0v) is 13.4. The first-order valence-electron chi connectivity index (χ1n) is 7.22. The molecule has 0 aliphatic heterocycles. The summed E-state index contributed by atoms with van der Waals surface area (Å²) in [5.41, 5.74) is 0.806. The molecule has 6 heteroatoms. The third-order valence-corrected chi connectivity index (χ3v) is 4.35. The van der Waals surface area contributed by atoms with Crippen LogP contribution in [0.5, 0.6) is 0 Å². The lowest BCUT2D eigenvalue weighted by molar-refractivity contribution is 0.184. The van der Waals surface area contributed by atoms with Crippen molar-refractivity contribution in [1.82, 2.24) is 15.0 Å². The summed E-state index contributed by atoms with van der Waals surface area (Å²) < 4.78 is 0. The minimum Gasteiger partial charge on any atom is -0.386 e. The van der Waals surface area contributed by atoms with Crippen molar-refractivity contribution in [2.24, 2.45) is 0 Å².